The molecule has 5 heteroatoms. The molecule has 17 heavy (non-hydrogen) atoms. The van der Waals surface area contributed by atoms with E-state index in [1.54, 1.807) is 6.07 Å². The number of benzene rings is 1. The van der Waals surface area contributed by atoms with Crippen molar-refractivity contribution in [2.24, 2.45) is 0 Å². The Hall–Kier alpha value is -0.350. The van der Waals surface area contributed by atoms with Crippen LogP contribution in [0.2, 0.25) is 10.0 Å². The molecule has 0 saturated carbocycles. The topological polar surface area (TPSA) is 12.5 Å². The quantitative estimate of drug-likeness (QED) is 0.776. The van der Waals surface area contributed by atoms with Crippen LogP contribution in [0.4, 0.5) is 0 Å². The zero-order valence-corrected chi connectivity index (χ0v) is 11.6. The molecule has 0 spiro atoms. The Labute approximate surface area is 116 Å². The average molecular weight is 290 g/mol. The van der Waals surface area contributed by atoms with Crippen LogP contribution < -0.4 is 0 Å². The second-order valence-electron chi connectivity index (χ2n) is 3.95. The lowest BCUT2D eigenvalue weighted by Crippen LogP contribution is -2.40. The summed E-state index contributed by atoms with van der Waals surface area (Å²) in [6.07, 6.45) is 0.704. The first-order valence-electron chi connectivity index (χ1n) is 5.45. The molecule has 1 aliphatic heterocycles. The van der Waals surface area contributed by atoms with E-state index in [1.807, 2.05) is 12.1 Å². The summed E-state index contributed by atoms with van der Waals surface area (Å²) in [6, 6.07) is 5.53. The van der Waals surface area contributed by atoms with Crippen LogP contribution in [0.25, 0.3) is 0 Å². The van der Waals surface area contributed by atoms with Gasteiger partial charge in [-0.25, -0.2) is 0 Å². The molecule has 0 atom stereocenters. The van der Waals surface area contributed by atoms with Gasteiger partial charge in [-0.2, -0.15) is 0 Å². The van der Waals surface area contributed by atoms with Crippen LogP contribution in [-0.4, -0.2) is 36.2 Å². The third-order valence-electron chi connectivity index (χ3n) is 2.64. The van der Waals surface area contributed by atoms with Gasteiger partial charge in [-0.3, -0.25) is 0 Å². The molecule has 1 aromatic carbocycles. The number of hydrogen-bond donors (Lipinski definition) is 0. The maximum atomic E-state index is 5.96. The summed E-state index contributed by atoms with van der Waals surface area (Å²) in [5.74, 6) is 0. The highest BCUT2D eigenvalue weighted by atomic mass is 35.5. The highest BCUT2D eigenvalue weighted by Gasteiger charge is 2.14. The number of nitrogens with zero attached hydrogens (tertiary/aromatic N) is 1. The first kappa shape index (κ1) is 13.1. The van der Waals surface area contributed by atoms with Gasteiger partial charge in [-0.1, -0.05) is 35.4 Å². The average Bonchev–Trinajstić information content (AvgIpc) is 2.28. The van der Waals surface area contributed by atoms with E-state index >= 15 is 0 Å². The number of hydrogen-bond acceptors (Lipinski definition) is 2. The molecule has 0 unspecified atom stereocenters. The SMILES string of the molecule is S=C(Cc1cc(Cl)cc(Cl)c1)N1CCOCC1. The van der Waals surface area contributed by atoms with E-state index in [0.29, 0.717) is 16.5 Å². The van der Waals surface area contributed by atoms with Gasteiger partial charge in [-0.15, -0.1) is 0 Å². The fraction of sp³-hybridized carbons (Fsp3) is 0.417. The molecule has 0 amide bonds. The predicted molar refractivity (Wildman–Crippen MR) is 75.2 cm³/mol. The van der Waals surface area contributed by atoms with Gasteiger partial charge in [0, 0.05) is 29.6 Å². The molecular formula is C12H13Cl2NOS. The first-order valence-corrected chi connectivity index (χ1v) is 6.62. The van der Waals surface area contributed by atoms with Crippen molar-refractivity contribution in [1.29, 1.82) is 0 Å². The monoisotopic (exact) mass is 289 g/mol. The van der Waals surface area contributed by atoms with Gasteiger partial charge in [0.2, 0.25) is 0 Å². The van der Waals surface area contributed by atoms with Crippen molar-refractivity contribution in [3.8, 4) is 0 Å². The van der Waals surface area contributed by atoms with Gasteiger partial charge in [-0.05, 0) is 23.8 Å². The summed E-state index contributed by atoms with van der Waals surface area (Å²) >= 11 is 17.3. The summed E-state index contributed by atoms with van der Waals surface area (Å²) in [6.45, 7) is 3.23. The van der Waals surface area contributed by atoms with E-state index in [2.05, 4.69) is 4.90 Å². The molecule has 0 aromatic heterocycles. The zero-order chi connectivity index (χ0) is 12.3. The smallest absolute Gasteiger partial charge is 0.0825 e. The number of ether oxygens (including phenoxy) is 1. The Balaban J connectivity index is 2.01. The molecule has 92 valence electrons. The van der Waals surface area contributed by atoms with Crippen molar-refractivity contribution in [1.82, 2.24) is 4.90 Å². The number of halogens is 2. The number of rotatable bonds is 2. The molecule has 1 aliphatic rings. The maximum Gasteiger partial charge on any atom is 0.0825 e. The second-order valence-corrected chi connectivity index (χ2v) is 5.29. The van der Waals surface area contributed by atoms with Crippen LogP contribution >= 0.6 is 35.4 Å². The van der Waals surface area contributed by atoms with Crippen LogP contribution in [0, 0.1) is 0 Å². The van der Waals surface area contributed by atoms with E-state index in [1.165, 1.54) is 0 Å². The van der Waals surface area contributed by atoms with Crippen LogP contribution in [0.1, 0.15) is 5.56 Å². The Morgan fingerprint density at radius 3 is 2.35 bits per heavy atom. The molecule has 0 aliphatic carbocycles. The predicted octanol–water partition coefficient (Wildman–Crippen LogP) is 3.20. The van der Waals surface area contributed by atoms with E-state index in [4.69, 9.17) is 40.2 Å². The molecule has 1 fully saturated rings. The summed E-state index contributed by atoms with van der Waals surface area (Å²) in [5, 5.41) is 1.30. The largest absolute Gasteiger partial charge is 0.378 e. The van der Waals surface area contributed by atoms with Gasteiger partial charge in [0.25, 0.3) is 0 Å². The van der Waals surface area contributed by atoms with Gasteiger partial charge in [0.05, 0.1) is 18.2 Å². The molecule has 1 saturated heterocycles. The minimum atomic E-state index is 0.650. The van der Waals surface area contributed by atoms with Crippen molar-refractivity contribution in [3.05, 3.63) is 33.8 Å². The normalized spacial score (nSPS) is 16.0. The molecule has 0 radical (unpaired) electrons. The lowest BCUT2D eigenvalue weighted by Gasteiger charge is -2.29. The molecule has 0 bridgehead atoms. The Morgan fingerprint density at radius 2 is 1.76 bits per heavy atom. The third-order valence-corrected chi connectivity index (χ3v) is 3.48. The van der Waals surface area contributed by atoms with E-state index in [0.717, 1.165) is 36.9 Å². The molecule has 2 nitrogen and oxygen atoms in total. The van der Waals surface area contributed by atoms with Gasteiger partial charge in [0.1, 0.15) is 0 Å². The van der Waals surface area contributed by atoms with Crippen molar-refractivity contribution in [2.75, 3.05) is 26.3 Å². The van der Waals surface area contributed by atoms with Crippen molar-refractivity contribution >= 4 is 40.4 Å². The molecule has 1 heterocycles. The maximum absolute atomic E-state index is 5.96. The number of thiocarbonyl (C=S) groups is 1. The molecule has 0 N–H and O–H groups in total. The van der Waals surface area contributed by atoms with Crippen molar-refractivity contribution < 1.29 is 4.74 Å². The summed E-state index contributed by atoms with van der Waals surface area (Å²) in [4.78, 5) is 3.10. The first-order chi connectivity index (χ1) is 8.15. The standard InChI is InChI=1S/C12H13Cl2NOS/c13-10-5-9(6-11(14)8-10)7-12(17)15-1-3-16-4-2-15/h5-6,8H,1-4,7H2. The highest BCUT2D eigenvalue weighted by Crippen LogP contribution is 2.20. The molecule has 2 rings (SSSR count). The fourth-order valence-electron chi connectivity index (χ4n) is 1.81. The lowest BCUT2D eigenvalue weighted by atomic mass is 10.1. The second kappa shape index (κ2) is 6.01. The Bertz CT molecular complexity index is 399. The van der Waals surface area contributed by atoms with Gasteiger partial charge < -0.3 is 9.64 Å². The van der Waals surface area contributed by atoms with Crippen molar-refractivity contribution in [2.45, 2.75) is 6.42 Å². The minimum Gasteiger partial charge on any atom is -0.378 e. The lowest BCUT2D eigenvalue weighted by molar-refractivity contribution is 0.0685. The summed E-state index contributed by atoms with van der Waals surface area (Å²) in [5.41, 5.74) is 1.05. The Kier molecular flexibility index (Phi) is 4.62. The van der Waals surface area contributed by atoms with E-state index in [-0.39, 0.29) is 0 Å². The minimum absolute atomic E-state index is 0.650. The van der Waals surface area contributed by atoms with Crippen LogP contribution in [-0.2, 0) is 11.2 Å². The fourth-order valence-corrected chi connectivity index (χ4v) is 2.73. The Morgan fingerprint density at radius 1 is 1.18 bits per heavy atom. The van der Waals surface area contributed by atoms with Crippen LogP contribution in [0.5, 0.6) is 0 Å². The zero-order valence-electron chi connectivity index (χ0n) is 9.29. The summed E-state index contributed by atoms with van der Waals surface area (Å²) < 4.78 is 5.29. The van der Waals surface area contributed by atoms with E-state index in [9.17, 15) is 0 Å². The summed E-state index contributed by atoms with van der Waals surface area (Å²) in [7, 11) is 0. The highest BCUT2D eigenvalue weighted by molar-refractivity contribution is 7.80. The molecule has 1 aromatic rings. The van der Waals surface area contributed by atoms with Gasteiger partial charge >= 0.3 is 0 Å². The third kappa shape index (κ3) is 3.81. The number of morpholine rings is 1. The van der Waals surface area contributed by atoms with Crippen molar-refractivity contribution in [3.63, 3.8) is 0 Å². The van der Waals surface area contributed by atoms with Crippen LogP contribution in [0.3, 0.4) is 0 Å². The molecular weight excluding hydrogens is 277 g/mol. The van der Waals surface area contributed by atoms with E-state index < -0.39 is 0 Å². The van der Waals surface area contributed by atoms with Crippen LogP contribution in [0.15, 0.2) is 18.2 Å². The van der Waals surface area contributed by atoms with Gasteiger partial charge in [0.15, 0.2) is 0 Å².